The molecule has 1 aliphatic heterocycles. The topological polar surface area (TPSA) is 189 Å². The summed E-state index contributed by atoms with van der Waals surface area (Å²) in [5, 5.41) is 30.8. The number of unbranched alkanes of at least 4 members (excludes halogenated alkanes) is 22. The number of hydrogen-bond acceptors (Lipinski definition) is 12. The third-order valence-electron chi connectivity index (χ3n) is 10.5. The molecule has 0 bridgehead atoms. The summed E-state index contributed by atoms with van der Waals surface area (Å²) >= 11 is 0. The molecule has 6 atom stereocenters. The van der Waals surface area contributed by atoms with Gasteiger partial charge in [-0.05, 0) is 64.2 Å². The van der Waals surface area contributed by atoms with E-state index >= 15 is 0 Å². The number of allylic oxidation sites excluding steroid dienone is 4. The Bertz CT molecular complexity index is 1180. The van der Waals surface area contributed by atoms with Gasteiger partial charge in [-0.1, -0.05) is 141 Å². The fraction of sp³-hybridized carbons (Fsp3) is 0.867. The summed E-state index contributed by atoms with van der Waals surface area (Å²) in [6.45, 7) is 3.71. The molecule has 0 saturated carbocycles. The van der Waals surface area contributed by atoms with Crippen molar-refractivity contribution in [3.8, 4) is 0 Å². The van der Waals surface area contributed by atoms with Gasteiger partial charge in [-0.2, -0.15) is 0 Å². The quantitative estimate of drug-likeness (QED) is 0.0220. The predicted molar refractivity (Wildman–Crippen MR) is 227 cm³/mol. The SMILES string of the molecule is CCCCCCCC/C=C\CCCCCCCC(=O)OCC(CO[C@H]1O[C@H](CS(=O)(=O)[O-])[C@@H](O)[C@H](O)[C@H]1O)OC(=O)CCCCCCC/C=C\CCCCCCCC.[Na+]. The Morgan fingerprint density at radius 3 is 1.44 bits per heavy atom. The van der Waals surface area contributed by atoms with Gasteiger partial charge >= 0.3 is 41.5 Å². The number of hydrogen-bond donors (Lipinski definition) is 3. The summed E-state index contributed by atoms with van der Waals surface area (Å²) in [6.07, 6.45) is 29.0. The van der Waals surface area contributed by atoms with E-state index in [0.29, 0.717) is 12.8 Å². The molecule has 0 aromatic rings. The van der Waals surface area contributed by atoms with Crippen LogP contribution in [0, 0.1) is 0 Å². The van der Waals surface area contributed by atoms with Gasteiger partial charge in [-0.25, -0.2) is 8.42 Å². The standard InChI is InChI=1S/C45H82O12S.Na/c1-3-5-7-9-11-13-15-17-19-21-23-25-27-29-31-33-40(46)54-35-38(36-55-45-44(50)43(49)42(48)39(57-45)37-58(51,52)53)56-41(47)34-32-30-28-26-24-22-20-18-16-14-12-10-8-6-4-2;/h17-20,38-39,42-45,48-50H,3-16,21-37H2,1-2H3,(H,51,52,53);/q;+1/p-1/b19-17-,20-18-;/t38?,39-,42-,43+,44-,45+;/m1./s1. The Hall–Kier alpha value is -0.870. The van der Waals surface area contributed by atoms with Gasteiger partial charge in [0.05, 0.1) is 22.5 Å². The molecule has 340 valence electrons. The molecule has 1 aliphatic rings. The van der Waals surface area contributed by atoms with Crippen molar-refractivity contribution in [1.29, 1.82) is 0 Å². The molecular formula is C45H81NaO12S. The van der Waals surface area contributed by atoms with E-state index in [-0.39, 0.29) is 49.0 Å². The van der Waals surface area contributed by atoms with Crippen LogP contribution in [0.15, 0.2) is 24.3 Å². The molecule has 1 fully saturated rings. The molecule has 0 aromatic heterocycles. The number of ether oxygens (including phenoxy) is 4. The molecule has 1 heterocycles. The summed E-state index contributed by atoms with van der Waals surface area (Å²) < 4.78 is 55.8. The fourth-order valence-corrected chi connectivity index (χ4v) is 7.57. The average molecular weight is 869 g/mol. The van der Waals surface area contributed by atoms with Crippen LogP contribution >= 0.6 is 0 Å². The van der Waals surface area contributed by atoms with Crippen molar-refractivity contribution in [1.82, 2.24) is 0 Å². The number of rotatable bonds is 38. The van der Waals surface area contributed by atoms with Crippen LogP contribution in [0.25, 0.3) is 0 Å². The summed E-state index contributed by atoms with van der Waals surface area (Å²) in [4.78, 5) is 25.4. The largest absolute Gasteiger partial charge is 1.00 e. The molecular weight excluding hydrogens is 788 g/mol. The van der Waals surface area contributed by atoms with Crippen molar-refractivity contribution in [2.75, 3.05) is 19.0 Å². The van der Waals surface area contributed by atoms with E-state index < -0.39 is 71.2 Å². The van der Waals surface area contributed by atoms with Crippen LogP contribution in [0.2, 0.25) is 0 Å². The normalized spacial score (nSPS) is 20.2. The number of aliphatic hydroxyl groups excluding tert-OH is 3. The van der Waals surface area contributed by atoms with Crippen LogP contribution in [0.5, 0.6) is 0 Å². The number of carbonyl (C=O) groups is 2. The second-order valence-corrected chi connectivity index (χ2v) is 17.5. The summed E-state index contributed by atoms with van der Waals surface area (Å²) in [7, 11) is -4.85. The Kier molecular flexibility index (Phi) is 38.2. The maximum Gasteiger partial charge on any atom is 1.00 e. The van der Waals surface area contributed by atoms with Crippen molar-refractivity contribution in [2.45, 2.75) is 230 Å². The van der Waals surface area contributed by atoms with Gasteiger partial charge < -0.3 is 38.8 Å². The summed E-state index contributed by atoms with van der Waals surface area (Å²) in [5.74, 6) is -2.13. The molecule has 0 amide bonds. The molecule has 0 radical (unpaired) electrons. The van der Waals surface area contributed by atoms with Crippen molar-refractivity contribution in [3.63, 3.8) is 0 Å². The zero-order chi connectivity index (χ0) is 42.7. The first-order valence-electron chi connectivity index (χ1n) is 22.9. The van der Waals surface area contributed by atoms with Crippen molar-refractivity contribution in [3.05, 3.63) is 24.3 Å². The van der Waals surface area contributed by atoms with Gasteiger partial charge in [0, 0.05) is 12.8 Å². The Labute approximate surface area is 380 Å². The molecule has 0 aromatic carbocycles. The van der Waals surface area contributed by atoms with Crippen molar-refractivity contribution < 1.29 is 86.4 Å². The minimum absolute atomic E-state index is 0. The van der Waals surface area contributed by atoms with Crippen LogP contribution in [-0.2, 0) is 38.7 Å². The first-order valence-corrected chi connectivity index (χ1v) is 24.5. The molecule has 1 rings (SSSR count). The van der Waals surface area contributed by atoms with Gasteiger partial charge in [0.25, 0.3) is 0 Å². The second-order valence-electron chi connectivity index (χ2n) is 16.0. The number of carbonyl (C=O) groups excluding carboxylic acids is 2. The summed E-state index contributed by atoms with van der Waals surface area (Å²) in [5.41, 5.74) is 0. The fourth-order valence-electron chi connectivity index (χ4n) is 6.89. The maximum atomic E-state index is 12.8. The van der Waals surface area contributed by atoms with Gasteiger partial charge in [0.2, 0.25) is 0 Å². The summed E-state index contributed by atoms with van der Waals surface area (Å²) in [6, 6.07) is 0. The number of aliphatic hydroxyl groups is 3. The third kappa shape index (κ3) is 33.4. The van der Waals surface area contributed by atoms with Crippen molar-refractivity contribution in [2.24, 2.45) is 0 Å². The van der Waals surface area contributed by atoms with Crippen molar-refractivity contribution >= 4 is 22.1 Å². The number of esters is 2. The van der Waals surface area contributed by atoms with E-state index in [1.54, 1.807) is 0 Å². The van der Waals surface area contributed by atoms with Gasteiger partial charge in [0.1, 0.15) is 31.0 Å². The zero-order valence-electron chi connectivity index (χ0n) is 37.1. The molecule has 1 saturated heterocycles. The first-order chi connectivity index (χ1) is 28.0. The van der Waals surface area contributed by atoms with E-state index in [9.17, 15) is 37.9 Å². The molecule has 3 N–H and O–H groups in total. The van der Waals surface area contributed by atoms with E-state index in [1.165, 1.54) is 77.0 Å². The van der Waals surface area contributed by atoms with Crippen LogP contribution < -0.4 is 29.6 Å². The third-order valence-corrected chi connectivity index (χ3v) is 11.2. The Balaban J connectivity index is 0.0000336. The predicted octanol–water partition coefficient (Wildman–Crippen LogP) is 5.89. The molecule has 0 spiro atoms. The van der Waals surface area contributed by atoms with Gasteiger partial charge in [0.15, 0.2) is 12.4 Å². The molecule has 59 heavy (non-hydrogen) atoms. The first kappa shape index (κ1) is 58.1. The minimum Gasteiger partial charge on any atom is -0.748 e. The van der Waals surface area contributed by atoms with Crippen LogP contribution in [-0.4, -0.2) is 96.0 Å². The second kappa shape index (κ2) is 38.8. The minimum atomic E-state index is -4.85. The molecule has 14 heteroatoms. The van der Waals surface area contributed by atoms with Crippen LogP contribution in [0.1, 0.15) is 194 Å². The van der Waals surface area contributed by atoms with E-state index in [4.69, 9.17) is 18.9 Å². The molecule has 0 aliphatic carbocycles. The zero-order valence-corrected chi connectivity index (χ0v) is 39.9. The average Bonchev–Trinajstić information content (AvgIpc) is 3.18. The van der Waals surface area contributed by atoms with Crippen LogP contribution in [0.4, 0.5) is 0 Å². The van der Waals surface area contributed by atoms with E-state index in [2.05, 4.69) is 38.2 Å². The monoisotopic (exact) mass is 869 g/mol. The maximum absolute atomic E-state index is 12.8. The van der Waals surface area contributed by atoms with Crippen LogP contribution in [0.3, 0.4) is 0 Å². The smallest absolute Gasteiger partial charge is 0.748 e. The molecule has 12 nitrogen and oxygen atoms in total. The Morgan fingerprint density at radius 1 is 0.593 bits per heavy atom. The molecule has 1 unspecified atom stereocenters. The van der Waals surface area contributed by atoms with Gasteiger partial charge in [-0.3, -0.25) is 9.59 Å². The Morgan fingerprint density at radius 2 is 1.00 bits per heavy atom. The van der Waals surface area contributed by atoms with Gasteiger partial charge in [-0.15, -0.1) is 0 Å². The van der Waals surface area contributed by atoms with E-state index in [0.717, 1.165) is 77.0 Å². The van der Waals surface area contributed by atoms with E-state index in [1.807, 2.05) is 0 Å².